The highest BCUT2D eigenvalue weighted by Gasteiger charge is 2.30. The number of Topliss-reactive ketones (excluding diaryl/α,β-unsaturated/α-hetero) is 1. The van der Waals surface area contributed by atoms with Crippen LogP contribution >= 0.6 is 8.25 Å². The lowest BCUT2D eigenvalue weighted by Gasteiger charge is -2.32. The smallest absolute Gasteiger partial charge is 0.307 e. The molecular formula is C17H23O4P. The van der Waals surface area contributed by atoms with E-state index in [0.717, 1.165) is 23.1 Å². The van der Waals surface area contributed by atoms with Crippen molar-refractivity contribution in [3.05, 3.63) is 40.7 Å². The SMILES string of the molecule is CC(=C=CC1CO[PH](=O)O1)/C=C/C1=C(C)C(=O)CCC1(C)C. The summed E-state index contributed by atoms with van der Waals surface area (Å²) < 4.78 is 21.0. The molecule has 2 rings (SSSR count). The summed E-state index contributed by atoms with van der Waals surface area (Å²) in [6.45, 7) is 8.48. The molecule has 0 spiro atoms. The van der Waals surface area contributed by atoms with Gasteiger partial charge in [0.2, 0.25) is 0 Å². The third kappa shape index (κ3) is 4.18. The van der Waals surface area contributed by atoms with Crippen molar-refractivity contribution in [3.63, 3.8) is 0 Å². The summed E-state index contributed by atoms with van der Waals surface area (Å²) in [6, 6.07) is 0. The van der Waals surface area contributed by atoms with Crippen LogP contribution in [0.5, 0.6) is 0 Å². The molecule has 1 fully saturated rings. The van der Waals surface area contributed by atoms with Gasteiger partial charge in [-0.3, -0.25) is 13.9 Å². The second-order valence-corrected chi connectivity index (χ2v) is 7.41. The van der Waals surface area contributed by atoms with Crippen molar-refractivity contribution in [3.8, 4) is 0 Å². The highest BCUT2D eigenvalue weighted by Crippen LogP contribution is 2.39. The molecular weight excluding hydrogens is 299 g/mol. The van der Waals surface area contributed by atoms with Crippen LogP contribution in [0.2, 0.25) is 0 Å². The maximum Gasteiger partial charge on any atom is 0.319 e. The molecule has 22 heavy (non-hydrogen) atoms. The van der Waals surface area contributed by atoms with E-state index in [0.29, 0.717) is 13.0 Å². The molecule has 5 heteroatoms. The van der Waals surface area contributed by atoms with Crippen molar-refractivity contribution < 1.29 is 18.4 Å². The Labute approximate surface area is 132 Å². The Morgan fingerprint density at radius 1 is 1.45 bits per heavy atom. The summed E-state index contributed by atoms with van der Waals surface area (Å²) in [5, 5.41) is 0. The lowest BCUT2D eigenvalue weighted by atomic mass is 9.72. The van der Waals surface area contributed by atoms with E-state index in [4.69, 9.17) is 9.05 Å². The Morgan fingerprint density at radius 2 is 2.18 bits per heavy atom. The van der Waals surface area contributed by atoms with Crippen molar-refractivity contribution in [2.75, 3.05) is 6.61 Å². The lowest BCUT2D eigenvalue weighted by molar-refractivity contribution is -0.116. The zero-order chi connectivity index (χ0) is 16.3. The molecule has 0 N–H and O–H groups in total. The molecule has 0 aromatic heterocycles. The van der Waals surface area contributed by atoms with E-state index >= 15 is 0 Å². The summed E-state index contributed by atoms with van der Waals surface area (Å²) >= 11 is 0. The first-order chi connectivity index (χ1) is 10.3. The van der Waals surface area contributed by atoms with E-state index in [1.54, 1.807) is 6.08 Å². The Bertz CT molecular complexity index is 619. The predicted octanol–water partition coefficient (Wildman–Crippen LogP) is 4.15. The molecule has 1 aliphatic heterocycles. The number of ketones is 1. The van der Waals surface area contributed by atoms with Gasteiger partial charge in [-0.2, -0.15) is 0 Å². The topological polar surface area (TPSA) is 52.6 Å². The first-order valence-corrected chi connectivity index (χ1v) is 8.71. The Hall–Kier alpha value is -1.18. The zero-order valence-electron chi connectivity index (χ0n) is 13.6. The fourth-order valence-electron chi connectivity index (χ4n) is 2.66. The maximum atomic E-state index is 11.9. The van der Waals surface area contributed by atoms with Gasteiger partial charge >= 0.3 is 8.25 Å². The van der Waals surface area contributed by atoms with Gasteiger partial charge in [-0.25, -0.2) is 0 Å². The largest absolute Gasteiger partial charge is 0.319 e. The second kappa shape index (κ2) is 6.93. The number of rotatable bonds is 3. The lowest BCUT2D eigenvalue weighted by Crippen LogP contribution is -2.24. The first-order valence-electron chi connectivity index (χ1n) is 7.49. The maximum absolute atomic E-state index is 11.9. The van der Waals surface area contributed by atoms with E-state index in [-0.39, 0.29) is 17.3 Å². The number of carbonyl (C=O) groups excluding carboxylic acids is 1. The molecule has 0 radical (unpaired) electrons. The second-order valence-electron chi connectivity index (χ2n) is 6.39. The third-order valence-electron chi connectivity index (χ3n) is 4.14. The molecule has 0 saturated carbocycles. The Morgan fingerprint density at radius 3 is 2.82 bits per heavy atom. The van der Waals surface area contributed by atoms with Gasteiger partial charge < -0.3 is 4.52 Å². The van der Waals surface area contributed by atoms with Crippen LogP contribution in [0.25, 0.3) is 0 Å². The summed E-state index contributed by atoms with van der Waals surface area (Å²) in [6.07, 6.45) is 6.91. The van der Waals surface area contributed by atoms with E-state index in [1.165, 1.54) is 0 Å². The monoisotopic (exact) mass is 322 g/mol. The van der Waals surface area contributed by atoms with Crippen molar-refractivity contribution in [1.82, 2.24) is 0 Å². The Kier molecular flexibility index (Phi) is 5.41. The van der Waals surface area contributed by atoms with Crippen LogP contribution < -0.4 is 0 Å². The van der Waals surface area contributed by atoms with Gasteiger partial charge in [0.25, 0.3) is 0 Å². The number of allylic oxidation sites excluding steroid dienone is 4. The molecule has 120 valence electrons. The van der Waals surface area contributed by atoms with Crippen LogP contribution in [0.1, 0.15) is 40.5 Å². The Balaban J connectivity index is 2.16. The van der Waals surface area contributed by atoms with Gasteiger partial charge in [0.05, 0.1) is 6.61 Å². The minimum absolute atomic E-state index is 0.0147. The van der Waals surface area contributed by atoms with Gasteiger partial charge in [-0.15, -0.1) is 5.73 Å². The number of hydrogen-bond donors (Lipinski definition) is 0. The van der Waals surface area contributed by atoms with Crippen LogP contribution in [0.3, 0.4) is 0 Å². The van der Waals surface area contributed by atoms with Crippen LogP contribution in [0.4, 0.5) is 0 Å². The molecule has 0 aromatic rings. The van der Waals surface area contributed by atoms with Gasteiger partial charge in [0.1, 0.15) is 6.10 Å². The molecule has 4 nitrogen and oxygen atoms in total. The normalized spacial score (nSPS) is 28.1. The van der Waals surface area contributed by atoms with Gasteiger partial charge in [0, 0.05) is 6.42 Å². The van der Waals surface area contributed by atoms with Crippen LogP contribution in [0.15, 0.2) is 40.7 Å². The van der Waals surface area contributed by atoms with E-state index in [1.807, 2.05) is 26.0 Å². The number of hydrogen-bond acceptors (Lipinski definition) is 4. The average molecular weight is 322 g/mol. The summed E-state index contributed by atoms with van der Waals surface area (Å²) in [7, 11) is -2.30. The minimum Gasteiger partial charge on any atom is -0.307 e. The van der Waals surface area contributed by atoms with Crippen LogP contribution in [0, 0.1) is 5.41 Å². The molecule has 0 amide bonds. The molecule has 1 saturated heterocycles. The highest BCUT2D eigenvalue weighted by molar-refractivity contribution is 7.33. The van der Waals surface area contributed by atoms with E-state index in [9.17, 15) is 9.36 Å². The van der Waals surface area contributed by atoms with Crippen molar-refractivity contribution >= 4 is 14.0 Å². The van der Waals surface area contributed by atoms with Crippen molar-refractivity contribution in [2.24, 2.45) is 5.41 Å². The molecule has 0 aromatic carbocycles. The van der Waals surface area contributed by atoms with Gasteiger partial charge in [-0.1, -0.05) is 26.0 Å². The van der Waals surface area contributed by atoms with Crippen molar-refractivity contribution in [1.29, 1.82) is 0 Å². The quantitative estimate of drug-likeness (QED) is 0.445. The van der Waals surface area contributed by atoms with Gasteiger partial charge in [0.15, 0.2) is 5.78 Å². The average Bonchev–Trinajstić information content (AvgIpc) is 2.86. The van der Waals surface area contributed by atoms with E-state index in [2.05, 4.69) is 19.6 Å². The molecule has 2 atom stereocenters. The number of carbonyl (C=O) groups is 1. The molecule has 1 aliphatic carbocycles. The van der Waals surface area contributed by atoms with E-state index < -0.39 is 8.25 Å². The summed E-state index contributed by atoms with van der Waals surface area (Å²) in [5.41, 5.74) is 5.99. The molecule has 1 heterocycles. The minimum atomic E-state index is -2.30. The first kappa shape index (κ1) is 17.2. The van der Waals surface area contributed by atoms with Crippen LogP contribution in [-0.2, 0) is 18.4 Å². The predicted molar refractivity (Wildman–Crippen MR) is 87.0 cm³/mol. The molecule has 2 unspecified atom stereocenters. The standard InChI is InChI=1S/C17H23O4P/c1-12(5-7-14-11-20-22(19)21-14)6-8-15-13(2)16(18)9-10-17(15,3)4/h6-8,14,22H,9-11H2,1-4H3/b8-6+. The summed E-state index contributed by atoms with van der Waals surface area (Å²) in [4.78, 5) is 11.9. The highest BCUT2D eigenvalue weighted by atomic mass is 31.1. The molecule has 0 bridgehead atoms. The van der Waals surface area contributed by atoms with Crippen LogP contribution in [-0.4, -0.2) is 18.5 Å². The van der Waals surface area contributed by atoms with Crippen molar-refractivity contribution in [2.45, 2.75) is 46.6 Å². The third-order valence-corrected chi connectivity index (χ3v) is 5.04. The summed E-state index contributed by atoms with van der Waals surface area (Å²) in [5.74, 6) is 0.234. The fourth-order valence-corrected chi connectivity index (χ4v) is 3.41. The molecule has 2 aliphatic rings. The van der Waals surface area contributed by atoms with Gasteiger partial charge in [-0.05, 0) is 48.5 Å². The zero-order valence-corrected chi connectivity index (χ0v) is 14.6. The fraction of sp³-hybridized carbons (Fsp3) is 0.529.